The Morgan fingerprint density at radius 1 is 1.19 bits per heavy atom. The first-order valence-electron chi connectivity index (χ1n) is 7.18. The zero-order valence-electron chi connectivity index (χ0n) is 12.0. The van der Waals surface area contributed by atoms with Gasteiger partial charge in [0.1, 0.15) is 11.9 Å². The smallest absolute Gasteiger partial charge is 0.334 e. The second-order valence-corrected chi connectivity index (χ2v) is 5.25. The number of carbonyl (C=O) groups excluding carboxylic acids is 1. The number of esters is 1. The predicted molar refractivity (Wildman–Crippen MR) is 81.9 cm³/mol. The third kappa shape index (κ3) is 3.07. The molecule has 1 unspecified atom stereocenters. The van der Waals surface area contributed by atoms with Crippen molar-refractivity contribution in [1.29, 1.82) is 0 Å². The summed E-state index contributed by atoms with van der Waals surface area (Å²) in [6, 6.07) is 14.7. The van der Waals surface area contributed by atoms with Crippen molar-refractivity contribution in [3.05, 3.63) is 59.9 Å². The Morgan fingerprint density at radius 3 is 2.86 bits per heavy atom. The lowest BCUT2D eigenvalue weighted by Gasteiger charge is -2.22. The van der Waals surface area contributed by atoms with Crippen LogP contribution in [0.3, 0.4) is 0 Å². The van der Waals surface area contributed by atoms with E-state index in [1.54, 1.807) is 7.11 Å². The van der Waals surface area contributed by atoms with Crippen molar-refractivity contribution in [2.24, 2.45) is 0 Å². The van der Waals surface area contributed by atoms with Gasteiger partial charge >= 0.3 is 5.97 Å². The number of methoxy groups -OCH3 is 1. The van der Waals surface area contributed by atoms with Crippen LogP contribution in [0.15, 0.2) is 54.3 Å². The van der Waals surface area contributed by atoms with E-state index in [2.05, 4.69) is 36.4 Å². The zero-order valence-corrected chi connectivity index (χ0v) is 12.0. The van der Waals surface area contributed by atoms with Crippen LogP contribution in [0, 0.1) is 0 Å². The zero-order chi connectivity index (χ0) is 14.7. The van der Waals surface area contributed by atoms with Gasteiger partial charge in [-0.3, -0.25) is 0 Å². The van der Waals surface area contributed by atoms with Crippen molar-refractivity contribution >= 4 is 16.7 Å². The average Bonchev–Trinajstić information content (AvgIpc) is 2.52. The highest BCUT2D eigenvalue weighted by Gasteiger charge is 2.22. The van der Waals surface area contributed by atoms with E-state index in [0.29, 0.717) is 12.2 Å². The standard InChI is InChI=1S/C18H18O3/c1-20-16-11-15(21-18(19)12-16)10-9-14-7-4-6-13-5-2-3-8-17(13)14/h2-8,12,15H,9-11H2,1H3. The molecule has 0 bridgehead atoms. The minimum atomic E-state index is -0.305. The van der Waals surface area contributed by atoms with E-state index in [-0.39, 0.29) is 12.1 Å². The van der Waals surface area contributed by atoms with Crippen LogP contribution < -0.4 is 0 Å². The molecule has 3 rings (SSSR count). The first-order chi connectivity index (χ1) is 10.3. The number of rotatable bonds is 4. The highest BCUT2D eigenvalue weighted by Crippen LogP contribution is 2.24. The number of carbonyl (C=O) groups is 1. The van der Waals surface area contributed by atoms with Gasteiger partial charge in [-0.2, -0.15) is 0 Å². The fraction of sp³-hybridized carbons (Fsp3) is 0.278. The molecule has 0 aromatic heterocycles. The summed E-state index contributed by atoms with van der Waals surface area (Å²) in [6.45, 7) is 0. The molecular formula is C18H18O3. The molecule has 1 aliphatic heterocycles. The number of aryl methyl sites for hydroxylation is 1. The van der Waals surface area contributed by atoms with E-state index in [9.17, 15) is 4.79 Å². The maximum atomic E-state index is 11.5. The fourth-order valence-electron chi connectivity index (χ4n) is 2.78. The van der Waals surface area contributed by atoms with Gasteiger partial charge in [0, 0.05) is 6.42 Å². The highest BCUT2D eigenvalue weighted by atomic mass is 16.5. The summed E-state index contributed by atoms with van der Waals surface area (Å²) in [4.78, 5) is 11.5. The van der Waals surface area contributed by atoms with Crippen molar-refractivity contribution in [2.75, 3.05) is 7.11 Å². The molecule has 1 aliphatic rings. The molecule has 0 fully saturated rings. The van der Waals surface area contributed by atoms with Crippen LogP contribution in [0.2, 0.25) is 0 Å². The first kappa shape index (κ1) is 13.7. The molecule has 1 heterocycles. The quantitative estimate of drug-likeness (QED) is 0.803. The van der Waals surface area contributed by atoms with Crippen LogP contribution in [-0.2, 0) is 20.7 Å². The highest BCUT2D eigenvalue weighted by molar-refractivity contribution is 5.85. The van der Waals surface area contributed by atoms with Gasteiger partial charge in [-0.05, 0) is 29.2 Å². The van der Waals surface area contributed by atoms with E-state index < -0.39 is 0 Å². The Labute approximate surface area is 124 Å². The fourth-order valence-corrected chi connectivity index (χ4v) is 2.78. The van der Waals surface area contributed by atoms with Crippen molar-refractivity contribution in [3.63, 3.8) is 0 Å². The number of fused-ring (bicyclic) bond motifs is 1. The van der Waals surface area contributed by atoms with E-state index >= 15 is 0 Å². The topological polar surface area (TPSA) is 35.5 Å². The second-order valence-electron chi connectivity index (χ2n) is 5.25. The van der Waals surface area contributed by atoms with Gasteiger partial charge in [0.15, 0.2) is 0 Å². The molecule has 0 radical (unpaired) electrons. The maximum absolute atomic E-state index is 11.5. The Kier molecular flexibility index (Phi) is 3.91. The Bertz CT molecular complexity index is 682. The third-order valence-electron chi connectivity index (χ3n) is 3.87. The van der Waals surface area contributed by atoms with Crippen LogP contribution in [0.5, 0.6) is 0 Å². The van der Waals surface area contributed by atoms with E-state index in [1.807, 2.05) is 6.07 Å². The van der Waals surface area contributed by atoms with Gasteiger partial charge in [0.2, 0.25) is 0 Å². The van der Waals surface area contributed by atoms with Crippen LogP contribution in [0.4, 0.5) is 0 Å². The summed E-state index contributed by atoms with van der Waals surface area (Å²) in [7, 11) is 1.59. The van der Waals surface area contributed by atoms with Crippen LogP contribution in [-0.4, -0.2) is 19.2 Å². The number of hydrogen-bond acceptors (Lipinski definition) is 3. The Morgan fingerprint density at radius 2 is 2.00 bits per heavy atom. The van der Waals surface area contributed by atoms with E-state index in [1.165, 1.54) is 22.4 Å². The van der Waals surface area contributed by atoms with Crippen molar-refractivity contribution in [1.82, 2.24) is 0 Å². The molecule has 0 spiro atoms. The minimum absolute atomic E-state index is 0.101. The van der Waals surface area contributed by atoms with Gasteiger partial charge in [-0.25, -0.2) is 4.79 Å². The summed E-state index contributed by atoms with van der Waals surface area (Å²) in [5.41, 5.74) is 1.29. The molecule has 0 aliphatic carbocycles. The van der Waals surface area contributed by atoms with Gasteiger partial charge in [0.05, 0.1) is 13.2 Å². The first-order valence-corrected chi connectivity index (χ1v) is 7.18. The van der Waals surface area contributed by atoms with Gasteiger partial charge < -0.3 is 9.47 Å². The largest absolute Gasteiger partial charge is 0.501 e. The van der Waals surface area contributed by atoms with Crippen molar-refractivity contribution < 1.29 is 14.3 Å². The molecule has 0 saturated carbocycles. The predicted octanol–water partition coefficient (Wildman–Crippen LogP) is 3.62. The van der Waals surface area contributed by atoms with E-state index in [4.69, 9.17) is 9.47 Å². The molecule has 3 heteroatoms. The molecular weight excluding hydrogens is 264 g/mol. The van der Waals surface area contributed by atoms with Crippen molar-refractivity contribution in [2.45, 2.75) is 25.4 Å². The molecule has 3 nitrogen and oxygen atoms in total. The third-order valence-corrected chi connectivity index (χ3v) is 3.87. The summed E-state index contributed by atoms with van der Waals surface area (Å²) in [5.74, 6) is 0.398. The Balaban J connectivity index is 1.72. The van der Waals surface area contributed by atoms with E-state index in [0.717, 1.165) is 12.8 Å². The number of cyclic esters (lactones) is 1. The van der Waals surface area contributed by atoms with Crippen LogP contribution in [0.1, 0.15) is 18.4 Å². The maximum Gasteiger partial charge on any atom is 0.334 e. The number of hydrogen-bond donors (Lipinski definition) is 0. The van der Waals surface area contributed by atoms with Gasteiger partial charge in [-0.15, -0.1) is 0 Å². The molecule has 0 N–H and O–H groups in total. The normalized spacial score (nSPS) is 18.2. The molecule has 0 saturated heterocycles. The minimum Gasteiger partial charge on any atom is -0.501 e. The monoisotopic (exact) mass is 282 g/mol. The van der Waals surface area contributed by atoms with Crippen LogP contribution >= 0.6 is 0 Å². The lowest BCUT2D eigenvalue weighted by Crippen LogP contribution is -2.23. The lowest BCUT2D eigenvalue weighted by atomic mass is 9.98. The molecule has 0 amide bonds. The lowest BCUT2D eigenvalue weighted by molar-refractivity contribution is -0.145. The summed E-state index contributed by atoms with van der Waals surface area (Å²) in [5, 5.41) is 2.51. The SMILES string of the molecule is COC1=CC(=O)OC(CCc2cccc3ccccc23)C1. The molecule has 108 valence electrons. The number of ether oxygens (including phenoxy) is 2. The van der Waals surface area contributed by atoms with Gasteiger partial charge in [0.25, 0.3) is 0 Å². The van der Waals surface area contributed by atoms with Gasteiger partial charge in [-0.1, -0.05) is 42.5 Å². The molecule has 21 heavy (non-hydrogen) atoms. The molecule has 2 aromatic carbocycles. The summed E-state index contributed by atoms with van der Waals surface area (Å²) >= 11 is 0. The summed E-state index contributed by atoms with van der Waals surface area (Å²) in [6.07, 6.45) is 3.68. The molecule has 2 aromatic rings. The Hall–Kier alpha value is -2.29. The second kappa shape index (κ2) is 6.00. The van der Waals surface area contributed by atoms with Crippen molar-refractivity contribution in [3.8, 4) is 0 Å². The van der Waals surface area contributed by atoms with Crippen LogP contribution in [0.25, 0.3) is 10.8 Å². The average molecular weight is 282 g/mol. The molecule has 1 atom stereocenters. The summed E-state index contributed by atoms with van der Waals surface area (Å²) < 4.78 is 10.5. The number of benzene rings is 2.